The monoisotopic (exact) mass is 139 g/mol. The first-order valence-corrected chi connectivity index (χ1v) is 4.37. The van der Waals surface area contributed by atoms with Gasteiger partial charge in [0.2, 0.25) is 0 Å². The normalized spacial score (nSPS) is 53.4. The van der Waals surface area contributed by atoms with Crippen LogP contribution in [0.1, 0.15) is 33.1 Å². The molecule has 1 nitrogen and oxygen atoms in total. The molecule has 0 amide bonds. The third kappa shape index (κ3) is 0.619. The Balaban J connectivity index is 2.30. The van der Waals surface area contributed by atoms with Crippen molar-refractivity contribution >= 4 is 0 Å². The van der Waals surface area contributed by atoms with Gasteiger partial charge in [0.05, 0.1) is 0 Å². The van der Waals surface area contributed by atoms with Crippen LogP contribution in [0, 0.1) is 10.8 Å². The highest BCUT2D eigenvalue weighted by Gasteiger charge is 2.51. The van der Waals surface area contributed by atoms with Crippen molar-refractivity contribution in [1.29, 1.82) is 0 Å². The van der Waals surface area contributed by atoms with Crippen LogP contribution in [-0.2, 0) is 0 Å². The van der Waals surface area contributed by atoms with Gasteiger partial charge in [0.1, 0.15) is 0 Å². The van der Waals surface area contributed by atoms with E-state index in [0.29, 0.717) is 10.8 Å². The first kappa shape index (κ1) is 6.66. The molecule has 1 saturated heterocycles. The standard InChI is InChI=1S/C9H17N/c1-8-4-3-5-9(8,2)7-10-6-8/h10H,3-7H2,1-2H3. The minimum absolute atomic E-state index is 0.632. The second-order valence-corrected chi connectivity index (χ2v) is 4.58. The van der Waals surface area contributed by atoms with Crippen LogP contribution in [0.4, 0.5) is 0 Å². The summed E-state index contributed by atoms with van der Waals surface area (Å²) in [4.78, 5) is 0. The summed E-state index contributed by atoms with van der Waals surface area (Å²) in [6.45, 7) is 7.40. The van der Waals surface area contributed by atoms with E-state index in [9.17, 15) is 0 Å². The molecule has 1 saturated carbocycles. The minimum Gasteiger partial charge on any atom is -0.316 e. The van der Waals surface area contributed by atoms with Gasteiger partial charge in [-0.2, -0.15) is 0 Å². The number of rotatable bonds is 0. The summed E-state index contributed by atoms with van der Waals surface area (Å²) in [6, 6.07) is 0. The fourth-order valence-corrected chi connectivity index (χ4v) is 2.69. The van der Waals surface area contributed by atoms with Crippen LogP contribution in [0.5, 0.6) is 0 Å². The Morgan fingerprint density at radius 2 is 1.50 bits per heavy atom. The Morgan fingerprint density at radius 1 is 1.00 bits per heavy atom. The van der Waals surface area contributed by atoms with Crippen LogP contribution in [0.3, 0.4) is 0 Å². The number of hydrogen-bond acceptors (Lipinski definition) is 1. The molecule has 0 bridgehead atoms. The van der Waals surface area contributed by atoms with E-state index in [1.807, 2.05) is 0 Å². The maximum atomic E-state index is 3.51. The fraction of sp³-hybridized carbons (Fsp3) is 1.00. The minimum atomic E-state index is 0.632. The van der Waals surface area contributed by atoms with Crippen molar-refractivity contribution in [3.63, 3.8) is 0 Å². The molecular formula is C9H17N. The van der Waals surface area contributed by atoms with Crippen molar-refractivity contribution in [1.82, 2.24) is 5.32 Å². The summed E-state index contributed by atoms with van der Waals surface area (Å²) in [7, 11) is 0. The molecule has 0 aromatic rings. The van der Waals surface area contributed by atoms with Crippen LogP contribution in [0.25, 0.3) is 0 Å². The van der Waals surface area contributed by atoms with Crippen LogP contribution < -0.4 is 5.32 Å². The molecule has 10 heavy (non-hydrogen) atoms. The first-order chi connectivity index (χ1) is 4.66. The van der Waals surface area contributed by atoms with E-state index < -0.39 is 0 Å². The molecular weight excluding hydrogens is 122 g/mol. The lowest BCUT2D eigenvalue weighted by Crippen LogP contribution is -2.30. The van der Waals surface area contributed by atoms with Crippen molar-refractivity contribution in [2.75, 3.05) is 13.1 Å². The molecule has 0 radical (unpaired) electrons. The van der Waals surface area contributed by atoms with Crippen molar-refractivity contribution in [2.45, 2.75) is 33.1 Å². The van der Waals surface area contributed by atoms with E-state index in [-0.39, 0.29) is 0 Å². The molecule has 58 valence electrons. The molecule has 0 aromatic carbocycles. The molecule has 0 spiro atoms. The average molecular weight is 139 g/mol. The van der Waals surface area contributed by atoms with E-state index in [1.54, 1.807) is 0 Å². The summed E-state index contributed by atoms with van der Waals surface area (Å²) in [6.07, 6.45) is 4.34. The summed E-state index contributed by atoms with van der Waals surface area (Å²) in [5.41, 5.74) is 1.26. The third-order valence-corrected chi connectivity index (χ3v) is 3.94. The summed E-state index contributed by atoms with van der Waals surface area (Å²) < 4.78 is 0. The van der Waals surface area contributed by atoms with E-state index in [0.717, 1.165) is 0 Å². The molecule has 1 aliphatic carbocycles. The second kappa shape index (κ2) is 1.76. The largest absolute Gasteiger partial charge is 0.316 e. The molecule has 2 fully saturated rings. The zero-order valence-electron chi connectivity index (χ0n) is 7.04. The van der Waals surface area contributed by atoms with E-state index >= 15 is 0 Å². The van der Waals surface area contributed by atoms with Gasteiger partial charge in [-0.25, -0.2) is 0 Å². The van der Waals surface area contributed by atoms with Gasteiger partial charge >= 0.3 is 0 Å². The van der Waals surface area contributed by atoms with Gasteiger partial charge in [0, 0.05) is 13.1 Å². The quantitative estimate of drug-likeness (QED) is 0.539. The average Bonchev–Trinajstić information content (AvgIpc) is 2.20. The Morgan fingerprint density at radius 3 is 2.00 bits per heavy atom. The van der Waals surface area contributed by atoms with Crippen molar-refractivity contribution in [2.24, 2.45) is 10.8 Å². The Bertz CT molecular complexity index is 125. The zero-order chi connectivity index (χ0) is 7.24. The molecule has 2 aliphatic rings. The highest BCUT2D eigenvalue weighted by atomic mass is 15.0. The lowest BCUT2D eigenvalue weighted by Gasteiger charge is -2.32. The molecule has 1 heterocycles. The Kier molecular flexibility index (Phi) is 1.17. The second-order valence-electron chi connectivity index (χ2n) is 4.58. The van der Waals surface area contributed by atoms with Crippen molar-refractivity contribution < 1.29 is 0 Å². The molecule has 0 aromatic heterocycles. The Hall–Kier alpha value is -0.0400. The van der Waals surface area contributed by atoms with Crippen LogP contribution in [0.15, 0.2) is 0 Å². The first-order valence-electron chi connectivity index (χ1n) is 4.37. The number of nitrogens with one attached hydrogen (secondary N) is 1. The SMILES string of the molecule is CC12CCCC1(C)CNC2. The van der Waals surface area contributed by atoms with E-state index in [4.69, 9.17) is 0 Å². The highest BCUT2D eigenvalue weighted by molar-refractivity contribution is 5.04. The topological polar surface area (TPSA) is 12.0 Å². The molecule has 2 atom stereocenters. The smallest absolute Gasteiger partial charge is 0.00111 e. The van der Waals surface area contributed by atoms with Gasteiger partial charge in [-0.15, -0.1) is 0 Å². The van der Waals surface area contributed by atoms with Crippen LogP contribution in [-0.4, -0.2) is 13.1 Å². The lowest BCUT2D eigenvalue weighted by atomic mass is 9.71. The van der Waals surface area contributed by atoms with Gasteiger partial charge < -0.3 is 5.32 Å². The Labute approximate surface area is 63.2 Å². The zero-order valence-corrected chi connectivity index (χ0v) is 7.04. The molecule has 2 unspecified atom stereocenters. The maximum absolute atomic E-state index is 3.51. The van der Waals surface area contributed by atoms with Gasteiger partial charge in [0.15, 0.2) is 0 Å². The molecule has 2 rings (SSSR count). The van der Waals surface area contributed by atoms with Crippen LogP contribution in [0.2, 0.25) is 0 Å². The summed E-state index contributed by atoms with van der Waals surface area (Å²) >= 11 is 0. The van der Waals surface area contributed by atoms with E-state index in [2.05, 4.69) is 19.2 Å². The van der Waals surface area contributed by atoms with Crippen molar-refractivity contribution in [3.8, 4) is 0 Å². The van der Waals surface area contributed by atoms with Gasteiger partial charge in [-0.3, -0.25) is 0 Å². The molecule has 1 heteroatoms. The maximum Gasteiger partial charge on any atom is 0.00111 e. The number of fused-ring (bicyclic) bond motifs is 1. The third-order valence-electron chi connectivity index (χ3n) is 3.94. The lowest BCUT2D eigenvalue weighted by molar-refractivity contribution is 0.184. The van der Waals surface area contributed by atoms with Crippen molar-refractivity contribution in [3.05, 3.63) is 0 Å². The summed E-state index contributed by atoms with van der Waals surface area (Å²) in [5.74, 6) is 0. The summed E-state index contributed by atoms with van der Waals surface area (Å²) in [5, 5.41) is 3.51. The van der Waals surface area contributed by atoms with E-state index in [1.165, 1.54) is 32.4 Å². The van der Waals surface area contributed by atoms with Gasteiger partial charge in [0.25, 0.3) is 0 Å². The predicted octanol–water partition coefficient (Wildman–Crippen LogP) is 1.79. The highest BCUT2D eigenvalue weighted by Crippen LogP contribution is 2.54. The number of hydrogen-bond donors (Lipinski definition) is 1. The fourth-order valence-electron chi connectivity index (χ4n) is 2.69. The van der Waals surface area contributed by atoms with Gasteiger partial charge in [-0.05, 0) is 23.7 Å². The predicted molar refractivity (Wildman–Crippen MR) is 42.9 cm³/mol. The molecule has 1 aliphatic heterocycles. The molecule has 1 N–H and O–H groups in total. The van der Waals surface area contributed by atoms with Gasteiger partial charge in [-0.1, -0.05) is 20.3 Å². The van der Waals surface area contributed by atoms with Crippen LogP contribution >= 0.6 is 0 Å².